The summed E-state index contributed by atoms with van der Waals surface area (Å²) in [5.41, 5.74) is 6.41. The predicted molar refractivity (Wildman–Crippen MR) is 246 cm³/mol. The molecule has 0 aliphatic heterocycles. The zero-order chi connectivity index (χ0) is 41.6. The van der Waals surface area contributed by atoms with Gasteiger partial charge in [0.05, 0.1) is 0 Å². The maximum atomic E-state index is 14.0. The Hall–Kier alpha value is -2.22. The molecule has 0 amide bonds. The highest BCUT2D eigenvalue weighted by atomic mass is 16.2. The SMILES string of the molecule is CC(C)CCCC(C)CCc1ccc(C(=O)C(=O)c2ccc(CCC(C)CCCC(C)C)c(CCC(C)CCCC(C)C)c2)cc1CCC(C)CCCC(C)C. The molecule has 2 aromatic rings. The number of hydrogen-bond donors (Lipinski definition) is 0. The van der Waals surface area contributed by atoms with E-state index in [9.17, 15) is 9.59 Å². The largest absolute Gasteiger partial charge is 0.285 e. The second-order valence-corrected chi connectivity index (χ2v) is 20.5. The Bertz CT molecular complexity index is 1270. The Morgan fingerprint density at radius 1 is 0.339 bits per heavy atom. The third-order valence-electron chi connectivity index (χ3n) is 12.7. The number of benzene rings is 2. The number of ketones is 2. The monoisotopic (exact) mass is 771 g/mol. The fourth-order valence-corrected chi connectivity index (χ4v) is 8.43. The number of carbonyl (C=O) groups excluding carboxylic acids is 2. The van der Waals surface area contributed by atoms with Gasteiger partial charge in [-0.3, -0.25) is 9.59 Å². The van der Waals surface area contributed by atoms with Gasteiger partial charge < -0.3 is 0 Å². The average molecular weight is 771 g/mol. The average Bonchev–Trinajstić information content (AvgIpc) is 3.13. The van der Waals surface area contributed by atoms with E-state index < -0.39 is 0 Å². The van der Waals surface area contributed by atoms with Crippen LogP contribution in [-0.4, -0.2) is 11.6 Å². The molecule has 0 saturated heterocycles. The zero-order valence-corrected chi connectivity index (χ0v) is 39.0. The van der Waals surface area contributed by atoms with E-state index in [0.29, 0.717) is 34.8 Å². The van der Waals surface area contributed by atoms with Crippen LogP contribution in [0.4, 0.5) is 0 Å². The summed E-state index contributed by atoms with van der Waals surface area (Å²) in [4.78, 5) is 28.1. The molecule has 0 aromatic heterocycles. The van der Waals surface area contributed by atoms with Gasteiger partial charge in [0.2, 0.25) is 11.6 Å². The van der Waals surface area contributed by atoms with Crippen LogP contribution in [0.1, 0.15) is 229 Å². The van der Waals surface area contributed by atoms with Gasteiger partial charge >= 0.3 is 0 Å². The van der Waals surface area contributed by atoms with Gasteiger partial charge in [0.25, 0.3) is 0 Å². The van der Waals surface area contributed by atoms with Crippen molar-refractivity contribution < 1.29 is 9.59 Å². The smallest absolute Gasteiger partial charge is 0.233 e. The topological polar surface area (TPSA) is 34.1 Å². The molecule has 0 N–H and O–H groups in total. The Morgan fingerprint density at radius 2 is 0.589 bits per heavy atom. The van der Waals surface area contributed by atoms with Gasteiger partial charge in [-0.25, -0.2) is 0 Å². The second kappa shape index (κ2) is 27.5. The van der Waals surface area contributed by atoms with Crippen molar-refractivity contribution in [1.82, 2.24) is 0 Å². The molecular weight excluding hydrogens is 681 g/mol. The van der Waals surface area contributed by atoms with Crippen LogP contribution in [0.2, 0.25) is 0 Å². The number of hydrogen-bond acceptors (Lipinski definition) is 2. The fourth-order valence-electron chi connectivity index (χ4n) is 8.43. The first kappa shape index (κ1) is 49.9. The summed E-state index contributed by atoms with van der Waals surface area (Å²) in [6.45, 7) is 28.1. The zero-order valence-electron chi connectivity index (χ0n) is 39.0. The molecule has 2 nitrogen and oxygen atoms in total. The van der Waals surface area contributed by atoms with Crippen LogP contribution in [0.5, 0.6) is 0 Å². The Kier molecular flexibility index (Phi) is 24.5. The molecule has 2 rings (SSSR count). The molecule has 318 valence electrons. The van der Waals surface area contributed by atoms with Crippen LogP contribution in [0.3, 0.4) is 0 Å². The highest BCUT2D eigenvalue weighted by molar-refractivity contribution is 6.49. The van der Waals surface area contributed by atoms with Gasteiger partial charge in [0.1, 0.15) is 0 Å². The molecule has 2 heteroatoms. The molecule has 0 heterocycles. The van der Waals surface area contributed by atoms with Crippen LogP contribution >= 0.6 is 0 Å². The maximum Gasteiger partial charge on any atom is 0.233 e. The first-order valence-corrected chi connectivity index (χ1v) is 23.9. The van der Waals surface area contributed by atoms with E-state index in [1.165, 1.54) is 112 Å². The Labute approximate surface area is 348 Å². The summed E-state index contributed by atoms with van der Waals surface area (Å²) in [5, 5.41) is 0. The summed E-state index contributed by atoms with van der Waals surface area (Å²) in [7, 11) is 0. The number of carbonyl (C=O) groups is 2. The molecule has 0 bridgehead atoms. The van der Waals surface area contributed by atoms with E-state index in [-0.39, 0.29) is 11.6 Å². The highest BCUT2D eigenvalue weighted by Crippen LogP contribution is 2.27. The molecule has 4 atom stereocenters. The van der Waals surface area contributed by atoms with E-state index >= 15 is 0 Å². The normalized spacial score (nSPS) is 14.2. The van der Waals surface area contributed by atoms with Crippen molar-refractivity contribution in [3.63, 3.8) is 0 Å². The standard InChI is InChI=1S/C54H90O2/c1-39(2)17-13-21-43(9)25-29-47-33-35-51(37-49(47)31-27-45(11)23-15-19-41(5)6)53(55)54(56)52-36-34-48(30-26-44(10)22-14-18-40(3)4)50(38-52)32-28-46(12)24-16-20-42(7)8/h33-46H,13-32H2,1-12H3. The van der Waals surface area contributed by atoms with Crippen molar-refractivity contribution in [3.05, 3.63) is 69.8 Å². The van der Waals surface area contributed by atoms with Crippen LogP contribution < -0.4 is 0 Å². The predicted octanol–water partition coefficient (Wildman–Crippen LogP) is 16.3. The molecule has 56 heavy (non-hydrogen) atoms. The van der Waals surface area contributed by atoms with Gasteiger partial charge in [0, 0.05) is 11.1 Å². The summed E-state index contributed by atoms with van der Waals surface area (Å²) < 4.78 is 0. The maximum absolute atomic E-state index is 14.0. The molecule has 2 aromatic carbocycles. The van der Waals surface area contributed by atoms with Gasteiger partial charge in [-0.2, -0.15) is 0 Å². The van der Waals surface area contributed by atoms with E-state index in [1.807, 2.05) is 12.1 Å². The van der Waals surface area contributed by atoms with Crippen molar-refractivity contribution in [2.24, 2.45) is 47.3 Å². The minimum Gasteiger partial charge on any atom is -0.285 e. The first-order chi connectivity index (χ1) is 26.5. The molecule has 0 radical (unpaired) electrons. The van der Waals surface area contributed by atoms with E-state index in [4.69, 9.17) is 0 Å². The van der Waals surface area contributed by atoms with Crippen molar-refractivity contribution in [3.8, 4) is 0 Å². The second-order valence-electron chi connectivity index (χ2n) is 20.5. The third-order valence-corrected chi connectivity index (χ3v) is 12.7. The van der Waals surface area contributed by atoms with Crippen molar-refractivity contribution in [2.75, 3.05) is 0 Å². The Morgan fingerprint density at radius 3 is 0.839 bits per heavy atom. The lowest BCUT2D eigenvalue weighted by atomic mass is 9.87. The molecule has 0 aliphatic rings. The molecule has 0 spiro atoms. The summed E-state index contributed by atoms with van der Waals surface area (Å²) >= 11 is 0. The number of Topliss-reactive ketones (excluding diaryl/α,β-unsaturated/α-hetero) is 2. The lowest BCUT2D eigenvalue weighted by Crippen LogP contribution is -2.16. The third kappa shape index (κ3) is 21.0. The lowest BCUT2D eigenvalue weighted by molar-refractivity contribution is 0.0817. The van der Waals surface area contributed by atoms with Crippen molar-refractivity contribution >= 4 is 11.6 Å². The van der Waals surface area contributed by atoms with Crippen molar-refractivity contribution in [2.45, 2.75) is 212 Å². The molecular formula is C54H90O2. The van der Waals surface area contributed by atoms with E-state index in [1.54, 1.807) is 0 Å². The first-order valence-electron chi connectivity index (χ1n) is 23.9. The Balaban J connectivity index is 2.29. The minimum atomic E-state index is -0.357. The summed E-state index contributed by atoms with van der Waals surface area (Å²) in [6.07, 6.45) is 24.0. The number of aryl methyl sites for hydroxylation is 4. The van der Waals surface area contributed by atoms with Crippen LogP contribution in [0.15, 0.2) is 36.4 Å². The highest BCUT2D eigenvalue weighted by Gasteiger charge is 2.22. The molecule has 0 saturated carbocycles. The van der Waals surface area contributed by atoms with E-state index in [0.717, 1.165) is 62.2 Å². The quantitative estimate of drug-likeness (QED) is 0.0565. The van der Waals surface area contributed by atoms with Gasteiger partial charge in [-0.15, -0.1) is 0 Å². The van der Waals surface area contributed by atoms with Crippen LogP contribution in [-0.2, 0) is 25.7 Å². The van der Waals surface area contributed by atoms with Gasteiger partial charge in [0.15, 0.2) is 0 Å². The van der Waals surface area contributed by atoms with E-state index in [2.05, 4.69) is 107 Å². The lowest BCUT2D eigenvalue weighted by Gasteiger charge is -2.18. The van der Waals surface area contributed by atoms with Gasteiger partial charge in [-0.05, 0) is 133 Å². The summed E-state index contributed by atoms with van der Waals surface area (Å²) in [5.74, 6) is 4.99. The van der Waals surface area contributed by atoms with Crippen molar-refractivity contribution in [1.29, 1.82) is 0 Å². The van der Waals surface area contributed by atoms with Crippen LogP contribution in [0.25, 0.3) is 0 Å². The number of rotatable bonds is 31. The molecule has 0 fully saturated rings. The minimum absolute atomic E-state index is 0.357. The molecule has 0 aliphatic carbocycles. The van der Waals surface area contributed by atoms with Crippen LogP contribution in [0, 0.1) is 47.3 Å². The van der Waals surface area contributed by atoms with Gasteiger partial charge in [-0.1, -0.05) is 184 Å². The molecule has 4 unspecified atom stereocenters. The summed E-state index contributed by atoms with van der Waals surface area (Å²) in [6, 6.07) is 12.4. The fraction of sp³-hybridized carbons (Fsp3) is 0.741.